The van der Waals surface area contributed by atoms with Gasteiger partial charge in [-0.1, -0.05) is 12.8 Å². The fourth-order valence-electron chi connectivity index (χ4n) is 3.87. The molecule has 6 nitrogen and oxygen atoms in total. The Morgan fingerprint density at radius 1 is 1.29 bits per heavy atom. The zero-order valence-corrected chi connectivity index (χ0v) is 12.0. The number of piperidine rings is 1. The summed E-state index contributed by atoms with van der Waals surface area (Å²) in [4.78, 5) is 25.8. The van der Waals surface area contributed by atoms with E-state index in [1.807, 2.05) is 0 Å². The highest BCUT2D eigenvalue weighted by atomic mass is 16.4. The Kier molecular flexibility index (Phi) is 3.94. The van der Waals surface area contributed by atoms with E-state index in [1.54, 1.807) is 17.2 Å². The molecular formula is C15H21N3O3. The second-order valence-corrected chi connectivity index (χ2v) is 6.10. The summed E-state index contributed by atoms with van der Waals surface area (Å²) in [6, 6.07) is 1.19. The Hall–Kier alpha value is -1.85. The van der Waals surface area contributed by atoms with Crippen molar-refractivity contribution in [3.05, 3.63) is 18.0 Å². The number of hydrogen-bond acceptors (Lipinski definition) is 3. The first-order valence-electron chi connectivity index (χ1n) is 7.69. The van der Waals surface area contributed by atoms with Gasteiger partial charge in [0.05, 0.1) is 6.42 Å². The first-order chi connectivity index (χ1) is 10.2. The van der Waals surface area contributed by atoms with Gasteiger partial charge in [0.15, 0.2) is 0 Å². The quantitative estimate of drug-likeness (QED) is 0.885. The number of aliphatic carboxylic acids is 1. The van der Waals surface area contributed by atoms with E-state index in [0.717, 1.165) is 31.4 Å². The van der Waals surface area contributed by atoms with Crippen LogP contribution in [-0.2, 0) is 16.0 Å². The number of aromatic nitrogens is 2. The summed E-state index contributed by atoms with van der Waals surface area (Å²) < 4.78 is 0. The van der Waals surface area contributed by atoms with Crippen LogP contribution in [0, 0.1) is 5.92 Å². The highest BCUT2D eigenvalue weighted by molar-refractivity contribution is 5.85. The van der Waals surface area contributed by atoms with Crippen LogP contribution in [0.15, 0.2) is 12.3 Å². The topological polar surface area (TPSA) is 86.3 Å². The largest absolute Gasteiger partial charge is 0.480 e. The van der Waals surface area contributed by atoms with Crippen LogP contribution in [0.2, 0.25) is 0 Å². The number of nitrogens with one attached hydrogen (secondary N) is 1. The predicted molar refractivity (Wildman–Crippen MR) is 75.5 cm³/mol. The normalized spacial score (nSPS) is 29.0. The molecule has 114 valence electrons. The Labute approximate surface area is 123 Å². The maximum atomic E-state index is 12.7. The third kappa shape index (κ3) is 2.80. The van der Waals surface area contributed by atoms with Gasteiger partial charge < -0.3 is 10.0 Å². The van der Waals surface area contributed by atoms with Crippen LogP contribution >= 0.6 is 0 Å². The van der Waals surface area contributed by atoms with Crippen molar-refractivity contribution >= 4 is 11.9 Å². The highest BCUT2D eigenvalue weighted by Crippen LogP contribution is 2.38. The third-order valence-electron chi connectivity index (χ3n) is 4.85. The summed E-state index contributed by atoms with van der Waals surface area (Å²) in [7, 11) is 0. The standard InChI is InChI=1S/C15H21N3O3/c19-14(9-11-7-8-16-17-11)18-12-4-2-1-3-10(12)5-6-13(18)15(20)21/h7-8,10,12-13H,1-6,9H2,(H,16,17)(H,20,21). The molecule has 1 aromatic heterocycles. The molecule has 2 heterocycles. The van der Waals surface area contributed by atoms with E-state index < -0.39 is 12.0 Å². The number of carbonyl (C=O) groups is 2. The number of fused-ring (bicyclic) bond motifs is 1. The predicted octanol–water partition coefficient (Wildman–Crippen LogP) is 1.59. The molecule has 0 radical (unpaired) electrons. The van der Waals surface area contributed by atoms with Crippen molar-refractivity contribution < 1.29 is 14.7 Å². The molecule has 0 aromatic carbocycles. The van der Waals surface area contributed by atoms with Crippen LogP contribution in [0.4, 0.5) is 0 Å². The van der Waals surface area contributed by atoms with Gasteiger partial charge in [-0.15, -0.1) is 0 Å². The SMILES string of the molecule is O=C(O)C1CCC2CCCCC2N1C(=O)Cc1ccn[nH]1. The molecule has 6 heteroatoms. The summed E-state index contributed by atoms with van der Waals surface area (Å²) in [6.45, 7) is 0. The molecule has 0 spiro atoms. The number of likely N-dealkylation sites (tertiary alicyclic amines) is 1. The Balaban J connectivity index is 1.81. The lowest BCUT2D eigenvalue weighted by molar-refractivity contribution is -0.157. The van der Waals surface area contributed by atoms with Crippen molar-refractivity contribution in [1.29, 1.82) is 0 Å². The Bertz CT molecular complexity index is 514. The van der Waals surface area contributed by atoms with Gasteiger partial charge in [0.2, 0.25) is 5.91 Å². The molecule has 3 rings (SSSR count). The van der Waals surface area contributed by atoms with Crippen molar-refractivity contribution in [1.82, 2.24) is 15.1 Å². The molecule has 21 heavy (non-hydrogen) atoms. The van der Waals surface area contributed by atoms with Gasteiger partial charge in [-0.2, -0.15) is 5.10 Å². The van der Waals surface area contributed by atoms with Crippen LogP contribution in [0.3, 0.4) is 0 Å². The molecule has 2 fully saturated rings. The monoisotopic (exact) mass is 291 g/mol. The lowest BCUT2D eigenvalue weighted by Gasteiger charge is -2.47. The summed E-state index contributed by atoms with van der Waals surface area (Å²) in [5.41, 5.74) is 0.738. The molecule has 1 aliphatic heterocycles. The average molecular weight is 291 g/mol. The van der Waals surface area contributed by atoms with E-state index in [4.69, 9.17) is 0 Å². The average Bonchev–Trinajstić information content (AvgIpc) is 2.98. The molecule has 2 aliphatic rings. The summed E-state index contributed by atoms with van der Waals surface area (Å²) in [6.07, 6.45) is 7.64. The number of aromatic amines is 1. The van der Waals surface area contributed by atoms with Gasteiger partial charge in [0.25, 0.3) is 0 Å². The smallest absolute Gasteiger partial charge is 0.326 e. The number of carbonyl (C=O) groups excluding carboxylic acids is 1. The Morgan fingerprint density at radius 3 is 2.81 bits per heavy atom. The van der Waals surface area contributed by atoms with Crippen LogP contribution in [0.25, 0.3) is 0 Å². The van der Waals surface area contributed by atoms with Gasteiger partial charge in [-0.3, -0.25) is 9.89 Å². The van der Waals surface area contributed by atoms with Gasteiger partial charge in [-0.05, 0) is 37.7 Å². The lowest BCUT2D eigenvalue weighted by atomic mass is 9.76. The van der Waals surface area contributed by atoms with Gasteiger partial charge in [0.1, 0.15) is 6.04 Å². The molecule has 3 atom stereocenters. The number of nitrogens with zero attached hydrogens (tertiary/aromatic N) is 2. The maximum absolute atomic E-state index is 12.7. The number of H-pyrrole nitrogens is 1. The van der Waals surface area contributed by atoms with E-state index in [2.05, 4.69) is 10.2 Å². The van der Waals surface area contributed by atoms with Crippen molar-refractivity contribution in [2.45, 2.75) is 57.0 Å². The minimum Gasteiger partial charge on any atom is -0.480 e. The molecule has 2 N–H and O–H groups in total. The van der Waals surface area contributed by atoms with E-state index >= 15 is 0 Å². The highest BCUT2D eigenvalue weighted by Gasteiger charge is 2.43. The second kappa shape index (κ2) is 5.87. The molecule has 1 aliphatic carbocycles. The fraction of sp³-hybridized carbons (Fsp3) is 0.667. The van der Waals surface area contributed by atoms with Crippen molar-refractivity contribution in [2.75, 3.05) is 0 Å². The van der Waals surface area contributed by atoms with Crippen LogP contribution in [0.5, 0.6) is 0 Å². The van der Waals surface area contributed by atoms with Crippen molar-refractivity contribution in [3.63, 3.8) is 0 Å². The molecule has 1 saturated heterocycles. The molecule has 1 amide bonds. The first-order valence-corrected chi connectivity index (χ1v) is 7.69. The molecule has 1 aromatic rings. The second-order valence-electron chi connectivity index (χ2n) is 6.10. The van der Waals surface area contributed by atoms with Gasteiger partial charge in [-0.25, -0.2) is 4.79 Å². The summed E-state index contributed by atoms with van der Waals surface area (Å²) >= 11 is 0. The zero-order chi connectivity index (χ0) is 14.8. The number of carboxylic acid groups (broad SMARTS) is 1. The van der Waals surface area contributed by atoms with E-state index in [9.17, 15) is 14.7 Å². The fourth-order valence-corrected chi connectivity index (χ4v) is 3.87. The van der Waals surface area contributed by atoms with Gasteiger partial charge in [0, 0.05) is 17.9 Å². The van der Waals surface area contributed by atoms with Crippen LogP contribution in [0.1, 0.15) is 44.2 Å². The van der Waals surface area contributed by atoms with E-state index in [0.29, 0.717) is 12.3 Å². The van der Waals surface area contributed by atoms with Crippen molar-refractivity contribution in [3.8, 4) is 0 Å². The van der Waals surface area contributed by atoms with Crippen molar-refractivity contribution in [2.24, 2.45) is 5.92 Å². The zero-order valence-electron chi connectivity index (χ0n) is 12.0. The third-order valence-corrected chi connectivity index (χ3v) is 4.85. The number of carboxylic acids is 1. The lowest BCUT2D eigenvalue weighted by Crippen LogP contribution is -2.57. The van der Waals surface area contributed by atoms with E-state index in [1.165, 1.54) is 6.42 Å². The molecule has 1 saturated carbocycles. The number of amides is 1. The van der Waals surface area contributed by atoms with Crippen LogP contribution < -0.4 is 0 Å². The molecule has 3 unspecified atom stereocenters. The minimum atomic E-state index is -0.878. The van der Waals surface area contributed by atoms with E-state index in [-0.39, 0.29) is 18.4 Å². The summed E-state index contributed by atoms with van der Waals surface area (Å²) in [5, 5.41) is 16.1. The van der Waals surface area contributed by atoms with Gasteiger partial charge >= 0.3 is 5.97 Å². The number of hydrogen-bond donors (Lipinski definition) is 2. The molecule has 0 bridgehead atoms. The Morgan fingerprint density at radius 2 is 2.10 bits per heavy atom. The summed E-state index contributed by atoms with van der Waals surface area (Å²) in [5.74, 6) is -0.500. The maximum Gasteiger partial charge on any atom is 0.326 e. The minimum absolute atomic E-state index is 0.0942. The number of rotatable bonds is 3. The first kappa shape index (κ1) is 14.1. The molecular weight excluding hydrogens is 270 g/mol. The van der Waals surface area contributed by atoms with Crippen LogP contribution in [-0.4, -0.2) is 44.2 Å².